The van der Waals surface area contributed by atoms with Crippen LogP contribution < -0.4 is 5.32 Å². The molecule has 90 valence electrons. The van der Waals surface area contributed by atoms with E-state index in [1.807, 2.05) is 0 Å². The van der Waals surface area contributed by atoms with Gasteiger partial charge in [-0.1, -0.05) is 35.3 Å². The van der Waals surface area contributed by atoms with Gasteiger partial charge < -0.3 is 5.32 Å². The molecule has 0 saturated heterocycles. The summed E-state index contributed by atoms with van der Waals surface area (Å²) in [6, 6.07) is 11.2. The molecule has 0 atom stereocenters. The van der Waals surface area contributed by atoms with Crippen LogP contribution in [0.1, 0.15) is 5.56 Å². The Morgan fingerprint density at radius 3 is 2.44 bits per heavy atom. The minimum atomic E-state index is -0.583. The summed E-state index contributed by atoms with van der Waals surface area (Å²) in [5, 5.41) is 12.5. The lowest BCUT2D eigenvalue weighted by molar-refractivity contribution is 0.624. The molecule has 1 N–H and O–H groups in total. The second-order valence-corrected chi connectivity index (χ2v) is 4.29. The zero-order valence-corrected chi connectivity index (χ0v) is 10.6. The molecule has 0 aliphatic rings. The quantitative estimate of drug-likeness (QED) is 0.862. The van der Waals surface area contributed by atoms with Gasteiger partial charge in [-0.2, -0.15) is 5.26 Å². The van der Waals surface area contributed by atoms with Crippen LogP contribution in [0.5, 0.6) is 0 Å². The molecule has 0 aromatic heterocycles. The Balaban J connectivity index is 2.44. The van der Waals surface area contributed by atoms with E-state index in [2.05, 4.69) is 5.32 Å². The maximum atomic E-state index is 13.4. The van der Waals surface area contributed by atoms with Crippen LogP contribution in [0.15, 0.2) is 36.4 Å². The number of nitriles is 1. The van der Waals surface area contributed by atoms with E-state index in [-0.39, 0.29) is 5.56 Å². The fraction of sp³-hybridized carbons (Fsp3) is 0. The third-order valence-corrected chi connectivity index (χ3v) is 3.17. The van der Waals surface area contributed by atoms with Crippen LogP contribution in [0, 0.1) is 17.1 Å². The van der Waals surface area contributed by atoms with Crippen molar-refractivity contribution in [2.24, 2.45) is 0 Å². The molecule has 0 heterocycles. The van der Waals surface area contributed by atoms with E-state index in [1.165, 1.54) is 12.1 Å². The number of nitrogens with one attached hydrogen (secondary N) is 1. The van der Waals surface area contributed by atoms with E-state index in [4.69, 9.17) is 28.5 Å². The molecule has 0 aliphatic carbocycles. The maximum Gasteiger partial charge on any atom is 0.143 e. The van der Waals surface area contributed by atoms with Crippen LogP contribution in [0.2, 0.25) is 10.0 Å². The molecule has 2 rings (SSSR count). The summed E-state index contributed by atoms with van der Waals surface area (Å²) < 4.78 is 13.4. The number of rotatable bonds is 2. The monoisotopic (exact) mass is 280 g/mol. The summed E-state index contributed by atoms with van der Waals surface area (Å²) in [4.78, 5) is 0. The Hall–Kier alpha value is -1.76. The van der Waals surface area contributed by atoms with Crippen molar-refractivity contribution >= 4 is 34.6 Å². The third kappa shape index (κ3) is 2.40. The van der Waals surface area contributed by atoms with Crippen molar-refractivity contribution in [3.05, 3.63) is 57.8 Å². The molecule has 2 aromatic carbocycles. The molecule has 0 fully saturated rings. The Labute approximate surface area is 114 Å². The first-order valence-corrected chi connectivity index (χ1v) is 5.78. The fourth-order valence-corrected chi connectivity index (χ4v) is 1.84. The summed E-state index contributed by atoms with van der Waals surface area (Å²) in [6.45, 7) is 0. The van der Waals surface area contributed by atoms with Gasteiger partial charge in [-0.3, -0.25) is 0 Å². The first-order chi connectivity index (χ1) is 8.63. The van der Waals surface area contributed by atoms with Crippen LogP contribution >= 0.6 is 23.2 Å². The zero-order chi connectivity index (χ0) is 13.1. The maximum absolute atomic E-state index is 13.4. The third-order valence-electron chi connectivity index (χ3n) is 2.35. The molecule has 0 aliphatic heterocycles. The lowest BCUT2D eigenvalue weighted by Gasteiger charge is -2.10. The van der Waals surface area contributed by atoms with E-state index in [1.54, 1.807) is 30.3 Å². The van der Waals surface area contributed by atoms with E-state index < -0.39 is 5.82 Å². The van der Waals surface area contributed by atoms with Gasteiger partial charge in [0, 0.05) is 0 Å². The molecule has 0 bridgehead atoms. The minimum absolute atomic E-state index is 0.0615. The first kappa shape index (κ1) is 12.7. The smallest absolute Gasteiger partial charge is 0.143 e. The number of benzene rings is 2. The number of hydrogen-bond acceptors (Lipinski definition) is 2. The van der Waals surface area contributed by atoms with Gasteiger partial charge in [-0.25, -0.2) is 4.39 Å². The summed E-state index contributed by atoms with van der Waals surface area (Å²) in [5.41, 5.74) is 0.807. The molecule has 18 heavy (non-hydrogen) atoms. The summed E-state index contributed by atoms with van der Waals surface area (Å²) >= 11 is 11.9. The van der Waals surface area contributed by atoms with Gasteiger partial charge in [0.05, 0.1) is 21.4 Å². The number of halogens is 3. The van der Waals surface area contributed by atoms with Crippen molar-refractivity contribution in [2.75, 3.05) is 5.32 Å². The molecule has 2 aromatic rings. The predicted octanol–water partition coefficient (Wildman–Crippen LogP) is 4.75. The minimum Gasteiger partial charge on any atom is -0.353 e. The fourth-order valence-electron chi connectivity index (χ4n) is 1.49. The van der Waals surface area contributed by atoms with Gasteiger partial charge >= 0.3 is 0 Å². The number of nitrogens with zero attached hydrogens (tertiary/aromatic N) is 1. The molecule has 5 heteroatoms. The van der Waals surface area contributed by atoms with E-state index >= 15 is 0 Å². The molecular weight excluding hydrogens is 274 g/mol. The normalized spacial score (nSPS) is 9.89. The zero-order valence-electron chi connectivity index (χ0n) is 9.05. The standard InChI is InChI=1S/C13H7Cl2FN2/c14-9-3-1-6-12(13(9)15)18-11-5-2-4-10(16)8(11)7-17/h1-6,18H. The van der Waals surface area contributed by atoms with Gasteiger partial charge in [-0.15, -0.1) is 0 Å². The second-order valence-electron chi connectivity index (χ2n) is 3.50. The van der Waals surface area contributed by atoms with Crippen molar-refractivity contribution in [1.82, 2.24) is 0 Å². The predicted molar refractivity (Wildman–Crippen MR) is 70.9 cm³/mol. The highest BCUT2D eigenvalue weighted by atomic mass is 35.5. The Morgan fingerprint density at radius 2 is 1.72 bits per heavy atom. The highest BCUT2D eigenvalue weighted by Crippen LogP contribution is 2.32. The summed E-state index contributed by atoms with van der Waals surface area (Å²) in [6.07, 6.45) is 0. The number of hydrogen-bond donors (Lipinski definition) is 1. The van der Waals surface area contributed by atoms with Crippen molar-refractivity contribution in [3.8, 4) is 6.07 Å². The Bertz CT molecular complexity index is 635. The highest BCUT2D eigenvalue weighted by Gasteiger charge is 2.10. The van der Waals surface area contributed by atoms with Crippen LogP contribution in [-0.4, -0.2) is 0 Å². The number of anilines is 2. The molecule has 0 radical (unpaired) electrons. The molecule has 0 saturated carbocycles. The topological polar surface area (TPSA) is 35.8 Å². The van der Waals surface area contributed by atoms with Gasteiger partial charge in [0.15, 0.2) is 0 Å². The highest BCUT2D eigenvalue weighted by molar-refractivity contribution is 6.43. The van der Waals surface area contributed by atoms with Crippen LogP contribution in [0.3, 0.4) is 0 Å². The van der Waals surface area contributed by atoms with Crippen LogP contribution in [-0.2, 0) is 0 Å². The lowest BCUT2D eigenvalue weighted by atomic mass is 10.1. The molecule has 2 nitrogen and oxygen atoms in total. The largest absolute Gasteiger partial charge is 0.353 e. The molecule has 0 amide bonds. The molecular formula is C13H7Cl2FN2. The van der Waals surface area contributed by atoms with Crippen molar-refractivity contribution < 1.29 is 4.39 Å². The van der Waals surface area contributed by atoms with E-state index in [0.717, 1.165) is 0 Å². The van der Waals surface area contributed by atoms with Crippen molar-refractivity contribution in [3.63, 3.8) is 0 Å². The van der Waals surface area contributed by atoms with Gasteiger partial charge in [0.25, 0.3) is 0 Å². The second kappa shape index (κ2) is 5.26. The summed E-state index contributed by atoms with van der Waals surface area (Å²) in [7, 11) is 0. The van der Waals surface area contributed by atoms with Crippen LogP contribution in [0.25, 0.3) is 0 Å². The van der Waals surface area contributed by atoms with Crippen molar-refractivity contribution in [1.29, 1.82) is 5.26 Å². The molecule has 0 unspecified atom stereocenters. The average molecular weight is 281 g/mol. The summed E-state index contributed by atoms with van der Waals surface area (Å²) in [5.74, 6) is -0.583. The van der Waals surface area contributed by atoms with Crippen molar-refractivity contribution in [2.45, 2.75) is 0 Å². The average Bonchev–Trinajstić information content (AvgIpc) is 2.35. The SMILES string of the molecule is N#Cc1c(F)cccc1Nc1cccc(Cl)c1Cl. The van der Waals surface area contributed by atoms with E-state index in [0.29, 0.717) is 21.4 Å². The van der Waals surface area contributed by atoms with Gasteiger partial charge in [0.2, 0.25) is 0 Å². The van der Waals surface area contributed by atoms with Gasteiger partial charge in [-0.05, 0) is 24.3 Å². The Morgan fingerprint density at radius 1 is 1.06 bits per heavy atom. The van der Waals surface area contributed by atoms with E-state index in [9.17, 15) is 4.39 Å². The molecule has 0 spiro atoms. The Kier molecular flexibility index (Phi) is 3.71. The first-order valence-electron chi connectivity index (χ1n) is 5.03. The lowest BCUT2D eigenvalue weighted by Crippen LogP contribution is -1.96. The van der Waals surface area contributed by atoms with Gasteiger partial charge in [0.1, 0.15) is 17.4 Å². The van der Waals surface area contributed by atoms with Crippen LogP contribution in [0.4, 0.5) is 15.8 Å².